The van der Waals surface area contributed by atoms with Crippen LogP contribution < -0.4 is 5.56 Å². The van der Waals surface area contributed by atoms with Crippen molar-refractivity contribution in [3.63, 3.8) is 0 Å². The van der Waals surface area contributed by atoms with Crippen LogP contribution in [0.25, 0.3) is 22.2 Å². The molecular formula is C16H11BrF2N2O. The van der Waals surface area contributed by atoms with Crippen LogP contribution in [0.2, 0.25) is 0 Å². The zero-order chi connectivity index (χ0) is 15.9. The molecule has 0 saturated heterocycles. The number of hydrogen-bond donors (Lipinski definition) is 1. The van der Waals surface area contributed by atoms with Crippen molar-refractivity contribution in [2.75, 3.05) is 0 Å². The highest BCUT2D eigenvalue weighted by Gasteiger charge is 2.16. The first-order valence-electron chi connectivity index (χ1n) is 6.55. The van der Waals surface area contributed by atoms with E-state index in [1.54, 1.807) is 25.1 Å². The van der Waals surface area contributed by atoms with Crippen LogP contribution in [0.5, 0.6) is 0 Å². The summed E-state index contributed by atoms with van der Waals surface area (Å²) in [5.41, 5.74) is 1.98. The molecule has 0 amide bonds. The van der Waals surface area contributed by atoms with Gasteiger partial charge in [-0.15, -0.1) is 0 Å². The predicted molar refractivity (Wildman–Crippen MR) is 85.1 cm³/mol. The van der Waals surface area contributed by atoms with Crippen molar-refractivity contribution in [3.05, 3.63) is 63.6 Å². The van der Waals surface area contributed by atoms with E-state index < -0.39 is 11.4 Å². The van der Waals surface area contributed by atoms with E-state index in [1.165, 1.54) is 12.1 Å². The molecule has 0 radical (unpaired) electrons. The van der Waals surface area contributed by atoms with Gasteiger partial charge in [0.05, 0.1) is 5.52 Å². The van der Waals surface area contributed by atoms with E-state index in [0.717, 1.165) is 0 Å². The lowest BCUT2D eigenvalue weighted by molar-refractivity contribution is 0.625. The minimum absolute atomic E-state index is 0.0619. The Labute approximate surface area is 133 Å². The fourth-order valence-electron chi connectivity index (χ4n) is 2.30. The predicted octanol–water partition coefficient (Wildman–Crippen LogP) is 4.07. The molecule has 2 aromatic carbocycles. The summed E-state index contributed by atoms with van der Waals surface area (Å²) in [4.78, 5) is 18.5. The molecule has 0 fully saturated rings. The van der Waals surface area contributed by atoms with Gasteiger partial charge in [0.25, 0.3) is 5.56 Å². The lowest BCUT2D eigenvalue weighted by atomic mass is 10.0. The van der Waals surface area contributed by atoms with E-state index in [2.05, 4.69) is 25.9 Å². The van der Waals surface area contributed by atoms with Crippen LogP contribution in [-0.4, -0.2) is 9.97 Å². The maximum absolute atomic E-state index is 14.4. The Balaban J connectivity index is 2.42. The fraction of sp³-hybridized carbons (Fsp3) is 0.125. The summed E-state index contributed by atoms with van der Waals surface area (Å²) in [5, 5.41) is 0.291. The summed E-state index contributed by atoms with van der Waals surface area (Å²) in [6.45, 7) is 1.56. The second-order valence-electron chi connectivity index (χ2n) is 4.91. The van der Waals surface area contributed by atoms with E-state index in [9.17, 15) is 13.6 Å². The second kappa shape index (κ2) is 5.61. The minimum atomic E-state index is -0.512. The smallest absolute Gasteiger partial charge is 0.269 e. The first kappa shape index (κ1) is 14.8. The first-order chi connectivity index (χ1) is 10.5. The summed E-state index contributed by atoms with van der Waals surface area (Å²) in [7, 11) is 0. The normalized spacial score (nSPS) is 11.1. The minimum Gasteiger partial charge on any atom is -0.317 e. The van der Waals surface area contributed by atoms with Gasteiger partial charge in [0.2, 0.25) is 0 Å². The molecule has 0 spiro atoms. The number of rotatable bonds is 2. The van der Waals surface area contributed by atoms with E-state index in [-0.39, 0.29) is 17.0 Å². The highest BCUT2D eigenvalue weighted by molar-refractivity contribution is 9.08. The molecule has 0 atom stereocenters. The molecule has 112 valence electrons. The Hall–Kier alpha value is -2.08. The summed E-state index contributed by atoms with van der Waals surface area (Å²) < 4.78 is 27.6. The van der Waals surface area contributed by atoms with E-state index >= 15 is 0 Å². The van der Waals surface area contributed by atoms with Crippen LogP contribution in [0.4, 0.5) is 8.78 Å². The number of halogens is 3. The van der Waals surface area contributed by atoms with Crippen molar-refractivity contribution in [1.29, 1.82) is 0 Å². The lowest BCUT2D eigenvalue weighted by Gasteiger charge is -2.11. The van der Waals surface area contributed by atoms with Gasteiger partial charge in [-0.25, -0.2) is 13.8 Å². The van der Waals surface area contributed by atoms with E-state index in [1.807, 2.05) is 0 Å². The quantitative estimate of drug-likeness (QED) is 0.696. The number of aromatic amines is 1. The maximum atomic E-state index is 14.4. The third kappa shape index (κ3) is 2.43. The molecule has 0 aliphatic rings. The number of benzene rings is 2. The standard InChI is InChI=1S/C16H11BrF2N2O/c1-8-16(22)21-15-13(19)10(7-17)6-12(14(15)20-8)9-2-4-11(18)5-3-9/h2-6H,7H2,1H3,(H,21,22). The molecule has 1 heterocycles. The zero-order valence-electron chi connectivity index (χ0n) is 11.6. The topological polar surface area (TPSA) is 45.8 Å². The number of hydrogen-bond acceptors (Lipinski definition) is 2. The molecular weight excluding hydrogens is 354 g/mol. The summed E-state index contributed by atoms with van der Waals surface area (Å²) >= 11 is 3.23. The first-order valence-corrected chi connectivity index (χ1v) is 7.67. The van der Waals surface area contributed by atoms with Gasteiger partial charge < -0.3 is 4.98 Å². The average Bonchev–Trinajstić information content (AvgIpc) is 2.51. The van der Waals surface area contributed by atoms with Crippen molar-refractivity contribution in [2.24, 2.45) is 0 Å². The van der Waals surface area contributed by atoms with E-state index in [4.69, 9.17) is 0 Å². The molecule has 0 aliphatic carbocycles. The molecule has 0 saturated carbocycles. The molecule has 1 N–H and O–H groups in total. The Morgan fingerprint density at radius 1 is 1.23 bits per heavy atom. The van der Waals surface area contributed by atoms with Crippen LogP contribution in [-0.2, 0) is 5.33 Å². The van der Waals surface area contributed by atoms with Gasteiger partial charge in [-0.1, -0.05) is 28.1 Å². The Kier molecular flexibility index (Phi) is 3.78. The zero-order valence-corrected chi connectivity index (χ0v) is 13.2. The van der Waals surface area contributed by atoms with Gasteiger partial charge in [0.1, 0.15) is 17.0 Å². The van der Waals surface area contributed by atoms with Crippen molar-refractivity contribution < 1.29 is 8.78 Å². The molecule has 1 aromatic heterocycles. The molecule has 0 aliphatic heterocycles. The highest BCUT2D eigenvalue weighted by Crippen LogP contribution is 2.31. The number of nitrogens with zero attached hydrogens (tertiary/aromatic N) is 1. The van der Waals surface area contributed by atoms with Crippen LogP contribution >= 0.6 is 15.9 Å². The van der Waals surface area contributed by atoms with Gasteiger partial charge in [-0.2, -0.15) is 0 Å². The van der Waals surface area contributed by atoms with Gasteiger partial charge in [-0.05, 0) is 30.7 Å². The molecule has 3 nitrogen and oxygen atoms in total. The maximum Gasteiger partial charge on any atom is 0.269 e. The lowest BCUT2D eigenvalue weighted by Crippen LogP contribution is -2.13. The van der Waals surface area contributed by atoms with Crippen molar-refractivity contribution in [2.45, 2.75) is 12.3 Å². The number of aryl methyl sites for hydroxylation is 1. The van der Waals surface area contributed by atoms with Crippen molar-refractivity contribution in [1.82, 2.24) is 9.97 Å². The Morgan fingerprint density at radius 2 is 1.91 bits per heavy atom. The second-order valence-corrected chi connectivity index (χ2v) is 5.47. The van der Waals surface area contributed by atoms with E-state index in [0.29, 0.717) is 27.5 Å². The number of alkyl halides is 1. The molecule has 3 aromatic rings. The van der Waals surface area contributed by atoms with Crippen LogP contribution in [0.3, 0.4) is 0 Å². The summed E-state index contributed by atoms with van der Waals surface area (Å²) in [6.07, 6.45) is 0. The Bertz CT molecular complexity index is 920. The molecule has 3 rings (SSSR count). The third-order valence-electron chi connectivity index (χ3n) is 3.46. The average molecular weight is 365 g/mol. The molecule has 0 unspecified atom stereocenters. The third-order valence-corrected chi connectivity index (χ3v) is 4.06. The van der Waals surface area contributed by atoms with Crippen molar-refractivity contribution >= 4 is 27.0 Å². The van der Waals surface area contributed by atoms with Crippen LogP contribution in [0.1, 0.15) is 11.3 Å². The monoisotopic (exact) mass is 364 g/mol. The molecule has 22 heavy (non-hydrogen) atoms. The summed E-state index contributed by atoms with van der Waals surface area (Å²) in [6, 6.07) is 7.52. The van der Waals surface area contributed by atoms with Gasteiger partial charge in [-0.3, -0.25) is 4.79 Å². The largest absolute Gasteiger partial charge is 0.317 e. The summed E-state index contributed by atoms with van der Waals surface area (Å²) in [5.74, 6) is -0.865. The highest BCUT2D eigenvalue weighted by atomic mass is 79.9. The van der Waals surface area contributed by atoms with Crippen LogP contribution in [0, 0.1) is 18.6 Å². The molecule has 6 heteroatoms. The van der Waals surface area contributed by atoms with Gasteiger partial charge in [0.15, 0.2) is 5.82 Å². The number of nitrogens with one attached hydrogen (secondary N) is 1. The SMILES string of the molecule is Cc1nc2c(-c3ccc(F)cc3)cc(CBr)c(F)c2[nH]c1=O. The number of H-pyrrole nitrogens is 1. The molecule has 0 bridgehead atoms. The number of aromatic nitrogens is 2. The van der Waals surface area contributed by atoms with Crippen molar-refractivity contribution in [3.8, 4) is 11.1 Å². The fourth-order valence-corrected chi connectivity index (χ4v) is 2.71. The van der Waals surface area contributed by atoms with Crippen LogP contribution in [0.15, 0.2) is 35.1 Å². The van der Waals surface area contributed by atoms with Gasteiger partial charge in [0, 0.05) is 16.5 Å². The Morgan fingerprint density at radius 3 is 2.55 bits per heavy atom. The van der Waals surface area contributed by atoms with Gasteiger partial charge >= 0.3 is 0 Å². The number of fused-ring (bicyclic) bond motifs is 1.